The highest BCUT2D eigenvalue weighted by Gasteiger charge is 2.34. The number of hydrogen-bond acceptors (Lipinski definition) is 5. The van der Waals surface area contributed by atoms with E-state index in [1.54, 1.807) is 14.2 Å². The van der Waals surface area contributed by atoms with E-state index < -0.39 is 8.56 Å². The van der Waals surface area contributed by atoms with Crippen LogP contribution in [0.3, 0.4) is 0 Å². The third-order valence-corrected chi connectivity index (χ3v) is 5.65. The summed E-state index contributed by atoms with van der Waals surface area (Å²) in [5.74, 6) is 0. The number of aliphatic hydroxyl groups is 2. The molecular formula is C9H23NO4Si. The van der Waals surface area contributed by atoms with Crippen molar-refractivity contribution < 1.29 is 19.1 Å². The molecule has 0 aliphatic rings. The Morgan fingerprint density at radius 3 is 2.13 bits per heavy atom. The number of aliphatic hydroxyl groups excluding tert-OH is 2. The second-order valence-electron chi connectivity index (χ2n) is 3.61. The molecule has 0 aliphatic carbocycles. The largest absolute Gasteiger partial charge is 0.396 e. The Hall–Kier alpha value is 0.0169. The van der Waals surface area contributed by atoms with Gasteiger partial charge in [-0.25, -0.2) is 0 Å². The molecule has 0 saturated carbocycles. The minimum Gasteiger partial charge on any atom is -0.396 e. The van der Waals surface area contributed by atoms with Crippen LogP contribution >= 0.6 is 0 Å². The van der Waals surface area contributed by atoms with Gasteiger partial charge in [0.1, 0.15) is 0 Å². The predicted octanol–water partition coefficient (Wildman–Crippen LogP) is -0.433. The van der Waals surface area contributed by atoms with Crippen molar-refractivity contribution in [1.82, 2.24) is 4.90 Å². The second-order valence-corrected chi connectivity index (χ2v) is 7.06. The molecule has 2 N–H and O–H groups in total. The molecule has 0 heterocycles. The molecule has 0 bridgehead atoms. The van der Waals surface area contributed by atoms with Crippen molar-refractivity contribution in [2.75, 3.05) is 47.2 Å². The van der Waals surface area contributed by atoms with Crippen LogP contribution in [0.5, 0.6) is 0 Å². The highest BCUT2D eigenvalue weighted by atomic mass is 28.4. The van der Waals surface area contributed by atoms with E-state index in [9.17, 15) is 5.11 Å². The Kier molecular flexibility index (Phi) is 8.21. The summed E-state index contributed by atoms with van der Waals surface area (Å²) in [5, 5.41) is 17.9. The predicted molar refractivity (Wildman–Crippen MR) is 60.9 cm³/mol. The van der Waals surface area contributed by atoms with Crippen LogP contribution in [0.2, 0.25) is 6.04 Å². The van der Waals surface area contributed by atoms with E-state index in [0.717, 1.165) is 19.0 Å². The van der Waals surface area contributed by atoms with E-state index >= 15 is 0 Å². The van der Waals surface area contributed by atoms with Gasteiger partial charge in [0.15, 0.2) is 0 Å². The molecule has 5 nitrogen and oxygen atoms in total. The van der Waals surface area contributed by atoms with Crippen LogP contribution in [0.15, 0.2) is 0 Å². The fourth-order valence-corrected chi connectivity index (χ4v) is 3.08. The molecule has 0 fully saturated rings. The van der Waals surface area contributed by atoms with Crippen molar-refractivity contribution in [2.24, 2.45) is 0 Å². The summed E-state index contributed by atoms with van der Waals surface area (Å²) in [6.07, 6.45) is 0.897. The van der Waals surface area contributed by atoms with Gasteiger partial charge in [0.05, 0.1) is 12.8 Å². The summed E-state index contributed by atoms with van der Waals surface area (Å²) < 4.78 is 10.6. The zero-order chi connectivity index (χ0) is 11.7. The van der Waals surface area contributed by atoms with E-state index in [0.29, 0.717) is 6.54 Å². The van der Waals surface area contributed by atoms with Crippen molar-refractivity contribution in [3.8, 4) is 0 Å². The van der Waals surface area contributed by atoms with E-state index in [4.69, 9.17) is 14.0 Å². The lowest BCUT2D eigenvalue weighted by molar-refractivity contribution is 0.191. The van der Waals surface area contributed by atoms with Crippen LogP contribution in [0.1, 0.15) is 6.42 Å². The SMILES string of the molecule is CO[Si](CO)(CCCN(C)CCO)OC. The molecule has 0 atom stereocenters. The first-order valence-corrected chi connectivity index (χ1v) is 7.37. The van der Waals surface area contributed by atoms with E-state index in [1.165, 1.54) is 0 Å². The monoisotopic (exact) mass is 237 g/mol. The molecular weight excluding hydrogens is 214 g/mol. The molecule has 0 aromatic rings. The third-order valence-electron chi connectivity index (χ3n) is 2.56. The van der Waals surface area contributed by atoms with Crippen LogP contribution in [0.25, 0.3) is 0 Å². The summed E-state index contributed by atoms with van der Waals surface area (Å²) >= 11 is 0. The van der Waals surface area contributed by atoms with Crippen LogP contribution < -0.4 is 0 Å². The molecule has 0 unspecified atom stereocenters. The van der Waals surface area contributed by atoms with Crippen molar-refractivity contribution in [3.05, 3.63) is 0 Å². The van der Waals surface area contributed by atoms with Crippen molar-refractivity contribution in [1.29, 1.82) is 0 Å². The molecule has 0 amide bonds. The molecule has 0 saturated heterocycles. The van der Waals surface area contributed by atoms with Crippen LogP contribution in [0.4, 0.5) is 0 Å². The quantitative estimate of drug-likeness (QED) is 0.533. The van der Waals surface area contributed by atoms with Crippen LogP contribution in [-0.4, -0.2) is 70.9 Å². The molecule has 0 aromatic heterocycles. The number of nitrogens with zero attached hydrogens (tertiary/aromatic N) is 1. The summed E-state index contributed by atoms with van der Waals surface area (Å²) in [5.41, 5.74) is 0. The van der Waals surface area contributed by atoms with Crippen molar-refractivity contribution in [2.45, 2.75) is 12.5 Å². The Labute approximate surface area is 92.9 Å². The van der Waals surface area contributed by atoms with Crippen molar-refractivity contribution in [3.63, 3.8) is 0 Å². The zero-order valence-corrected chi connectivity index (χ0v) is 10.9. The molecule has 0 radical (unpaired) electrons. The first-order chi connectivity index (χ1) is 7.14. The molecule has 0 spiro atoms. The van der Waals surface area contributed by atoms with Gasteiger partial charge in [0.25, 0.3) is 0 Å². The van der Waals surface area contributed by atoms with Crippen LogP contribution in [-0.2, 0) is 8.85 Å². The Bertz CT molecular complexity index is 147. The van der Waals surface area contributed by atoms with Gasteiger partial charge in [-0.2, -0.15) is 0 Å². The summed E-state index contributed by atoms with van der Waals surface area (Å²) in [6, 6.07) is 0.770. The standard InChI is InChI=1S/C9H23NO4Si/c1-10(6-7-11)5-4-8-15(9-12,13-2)14-3/h11-12H,4-9H2,1-3H3. The lowest BCUT2D eigenvalue weighted by Gasteiger charge is -2.25. The first kappa shape index (κ1) is 15.0. The molecule has 0 aliphatic heterocycles. The second kappa shape index (κ2) is 8.20. The van der Waals surface area contributed by atoms with E-state index in [2.05, 4.69) is 0 Å². The van der Waals surface area contributed by atoms with Gasteiger partial charge in [-0.05, 0) is 26.1 Å². The van der Waals surface area contributed by atoms with Gasteiger partial charge in [0.2, 0.25) is 0 Å². The topological polar surface area (TPSA) is 62.2 Å². The van der Waals surface area contributed by atoms with Crippen LogP contribution in [0, 0.1) is 0 Å². The highest BCUT2D eigenvalue weighted by Crippen LogP contribution is 2.13. The summed E-state index contributed by atoms with van der Waals surface area (Å²) in [7, 11) is 2.79. The van der Waals surface area contributed by atoms with Crippen molar-refractivity contribution >= 4 is 8.56 Å². The van der Waals surface area contributed by atoms with Gasteiger partial charge in [-0.3, -0.25) is 0 Å². The molecule has 6 heteroatoms. The maximum Gasteiger partial charge on any atom is 0.364 e. The zero-order valence-electron chi connectivity index (χ0n) is 9.90. The lowest BCUT2D eigenvalue weighted by Crippen LogP contribution is -2.45. The molecule has 15 heavy (non-hydrogen) atoms. The Morgan fingerprint density at radius 2 is 1.73 bits per heavy atom. The van der Waals surface area contributed by atoms with Gasteiger partial charge in [-0.15, -0.1) is 0 Å². The molecule has 0 rings (SSSR count). The van der Waals surface area contributed by atoms with Gasteiger partial charge < -0.3 is 24.0 Å². The average Bonchev–Trinajstić information content (AvgIpc) is 2.25. The Balaban J connectivity index is 3.80. The minimum absolute atomic E-state index is 0.0102. The van der Waals surface area contributed by atoms with E-state index in [1.807, 2.05) is 11.9 Å². The average molecular weight is 237 g/mol. The fraction of sp³-hybridized carbons (Fsp3) is 1.00. The Morgan fingerprint density at radius 1 is 1.13 bits per heavy atom. The molecule has 92 valence electrons. The minimum atomic E-state index is -2.34. The van der Waals surface area contributed by atoms with Gasteiger partial charge in [0, 0.05) is 20.8 Å². The maximum absolute atomic E-state index is 9.20. The highest BCUT2D eigenvalue weighted by molar-refractivity contribution is 6.67. The first-order valence-electron chi connectivity index (χ1n) is 5.14. The maximum atomic E-state index is 9.20. The smallest absolute Gasteiger partial charge is 0.364 e. The third kappa shape index (κ3) is 5.60. The number of hydrogen-bond donors (Lipinski definition) is 2. The number of likely N-dealkylation sites (N-methyl/N-ethyl adjacent to an activating group) is 1. The van der Waals surface area contributed by atoms with Gasteiger partial charge in [-0.1, -0.05) is 0 Å². The van der Waals surface area contributed by atoms with Gasteiger partial charge >= 0.3 is 8.56 Å². The summed E-state index contributed by atoms with van der Waals surface area (Å²) in [4.78, 5) is 2.04. The number of rotatable bonds is 9. The fourth-order valence-electron chi connectivity index (χ4n) is 1.40. The normalized spacial score (nSPS) is 12.4. The lowest BCUT2D eigenvalue weighted by atomic mass is 10.4. The van der Waals surface area contributed by atoms with E-state index in [-0.39, 0.29) is 12.8 Å². The molecule has 0 aromatic carbocycles. The summed E-state index contributed by atoms with van der Waals surface area (Å²) in [6.45, 7) is 1.73.